The van der Waals surface area contributed by atoms with Gasteiger partial charge in [0.05, 0.1) is 11.0 Å². The number of thiophene rings is 2. The van der Waals surface area contributed by atoms with E-state index in [9.17, 15) is 0 Å². The van der Waals surface area contributed by atoms with Gasteiger partial charge in [-0.2, -0.15) is 0 Å². The number of aromatic nitrogens is 1. The van der Waals surface area contributed by atoms with Gasteiger partial charge in [0.15, 0.2) is 7.28 Å². The topological polar surface area (TPSA) is 30.1 Å². The van der Waals surface area contributed by atoms with Gasteiger partial charge in [0.1, 0.15) is 11.3 Å². The molecule has 1 aliphatic rings. The van der Waals surface area contributed by atoms with Gasteiger partial charge in [-0.3, -0.25) is 0 Å². The molecule has 6 heteroatoms. The molecule has 13 aromatic rings. The normalized spacial score (nSPS) is 12.8. The first-order valence-electron chi connectivity index (χ1n) is 24.3. The summed E-state index contributed by atoms with van der Waals surface area (Å²) in [6.07, 6.45) is 0. The number of hydrogen-bond donors (Lipinski definition) is 1. The Morgan fingerprint density at radius 1 is 0.514 bits per heavy atom. The van der Waals surface area contributed by atoms with Gasteiger partial charge >= 0.3 is 0 Å². The van der Waals surface area contributed by atoms with Crippen molar-refractivity contribution in [1.29, 1.82) is 0 Å². The fraction of sp³-hybridized carbons (Fsp3) is 0.125. The number of nitrogens with zero attached hydrogens (tertiary/aromatic N) is 1. The molecule has 5 heterocycles. The van der Waals surface area contributed by atoms with E-state index in [2.05, 4.69) is 235 Å². The lowest BCUT2D eigenvalue weighted by Crippen LogP contribution is -2.37. The highest BCUT2D eigenvalue weighted by atomic mass is 32.1. The Bertz CT molecular complexity index is 4290. The van der Waals surface area contributed by atoms with Gasteiger partial charge in [-0.15, -0.1) is 22.7 Å². The summed E-state index contributed by atoms with van der Waals surface area (Å²) in [7, 11) is 2.48. The molecular weight excluding hydrogens is 888 g/mol. The molecule has 0 saturated carbocycles. The van der Waals surface area contributed by atoms with Crippen molar-refractivity contribution in [2.45, 2.75) is 52.4 Å². The molecule has 4 aromatic heterocycles. The van der Waals surface area contributed by atoms with Crippen molar-refractivity contribution in [2.24, 2.45) is 0 Å². The van der Waals surface area contributed by atoms with Crippen molar-refractivity contribution < 1.29 is 4.42 Å². The summed E-state index contributed by atoms with van der Waals surface area (Å²) in [4.78, 5) is 0. The van der Waals surface area contributed by atoms with Crippen LogP contribution in [0.2, 0.25) is 0 Å². The third-order valence-electron chi connectivity index (χ3n) is 14.7. The van der Waals surface area contributed by atoms with Crippen molar-refractivity contribution in [3.63, 3.8) is 0 Å². The first-order valence-corrected chi connectivity index (χ1v) is 26.0. The van der Waals surface area contributed by atoms with E-state index in [1.165, 1.54) is 89.9 Å². The number of anilines is 2. The molecular formula is C64H48BN2OS2. The van der Waals surface area contributed by atoms with Crippen LogP contribution < -0.4 is 16.2 Å². The minimum absolute atomic E-state index is 0.0410. The van der Waals surface area contributed by atoms with Crippen LogP contribution in [0.4, 0.5) is 11.4 Å². The van der Waals surface area contributed by atoms with Crippen LogP contribution in [0.15, 0.2) is 180 Å². The molecule has 0 bridgehead atoms. The average Bonchev–Trinajstić information content (AvgIpc) is 4.13. The molecule has 0 amide bonds. The van der Waals surface area contributed by atoms with Gasteiger partial charge in [-0.1, -0.05) is 162 Å². The number of furan rings is 1. The molecule has 1 N–H and O–H groups in total. The zero-order valence-corrected chi connectivity index (χ0v) is 41.6. The Balaban J connectivity index is 1.14. The van der Waals surface area contributed by atoms with E-state index in [0.29, 0.717) is 0 Å². The first-order chi connectivity index (χ1) is 34.0. The summed E-state index contributed by atoms with van der Waals surface area (Å²) >= 11 is 3.80. The molecule has 335 valence electrons. The monoisotopic (exact) mass is 935 g/mol. The van der Waals surface area contributed by atoms with Crippen LogP contribution in [-0.4, -0.2) is 11.8 Å². The molecule has 0 aliphatic carbocycles. The summed E-state index contributed by atoms with van der Waals surface area (Å²) in [5.41, 5.74) is 17.4. The van der Waals surface area contributed by atoms with E-state index >= 15 is 0 Å². The predicted molar refractivity (Wildman–Crippen MR) is 305 cm³/mol. The van der Waals surface area contributed by atoms with Crippen LogP contribution in [-0.2, 0) is 10.8 Å². The van der Waals surface area contributed by atoms with Gasteiger partial charge in [0.25, 0.3) is 0 Å². The van der Waals surface area contributed by atoms with E-state index in [1.807, 2.05) is 22.7 Å². The van der Waals surface area contributed by atoms with Crippen molar-refractivity contribution in [1.82, 2.24) is 4.57 Å². The lowest BCUT2D eigenvalue weighted by atomic mass is 9.58. The van der Waals surface area contributed by atoms with Crippen LogP contribution in [0.5, 0.6) is 0 Å². The maximum atomic E-state index is 7.08. The summed E-state index contributed by atoms with van der Waals surface area (Å²) in [6.45, 7) is 13.8. The summed E-state index contributed by atoms with van der Waals surface area (Å²) in [5, 5.41) is 12.9. The van der Waals surface area contributed by atoms with E-state index in [1.54, 1.807) is 0 Å². The quantitative estimate of drug-likeness (QED) is 0.174. The molecule has 1 radical (unpaired) electrons. The molecule has 9 aromatic carbocycles. The lowest BCUT2D eigenvalue weighted by Gasteiger charge is -2.25. The van der Waals surface area contributed by atoms with Gasteiger partial charge in [-0.25, -0.2) is 0 Å². The zero-order valence-electron chi connectivity index (χ0n) is 40.0. The molecule has 0 atom stereocenters. The molecule has 14 rings (SSSR count). The molecule has 70 heavy (non-hydrogen) atoms. The highest BCUT2D eigenvalue weighted by Gasteiger charge is 2.33. The second-order valence-electron chi connectivity index (χ2n) is 21.2. The van der Waals surface area contributed by atoms with Crippen LogP contribution in [0.1, 0.15) is 52.7 Å². The largest absolute Gasteiger partial charge is 0.455 e. The Morgan fingerprint density at radius 3 is 1.90 bits per heavy atom. The highest BCUT2D eigenvalue weighted by Crippen LogP contribution is 2.51. The minimum atomic E-state index is -0.0410. The van der Waals surface area contributed by atoms with Gasteiger partial charge in [0, 0.05) is 90.3 Å². The standard InChI is InChI=1S/C64H48BN2OS2/c1-63(2,3)38-25-28-40(29-26-38)66-48-35-54-43(41-21-13-15-23-52(41)69-54)32-44(48)56-57-42-22-14-16-24-53(42)70-62(57)58-45-31-39(64(4,5)6)27-30-49(45)67-50-33-46-51(34-47(50)65-59(56)60(58)67)68-61(37-19-11-8-12-20-37)55(46)36-17-9-7-10-18-36/h7-35,66H,1-6H3. The molecule has 0 spiro atoms. The Hall–Kier alpha value is -7.38. The van der Waals surface area contributed by atoms with E-state index in [-0.39, 0.29) is 10.8 Å². The molecule has 0 fully saturated rings. The van der Waals surface area contributed by atoms with Gasteiger partial charge in [-0.05, 0) is 99.2 Å². The number of rotatable bonds is 5. The third-order valence-corrected chi connectivity index (χ3v) is 17.0. The maximum absolute atomic E-state index is 7.08. The Labute approximate surface area is 415 Å². The number of fused-ring (bicyclic) bond motifs is 13. The zero-order chi connectivity index (χ0) is 47.2. The molecule has 3 nitrogen and oxygen atoms in total. The van der Waals surface area contributed by atoms with E-state index < -0.39 is 0 Å². The highest BCUT2D eigenvalue weighted by molar-refractivity contribution is 7.27. The number of benzene rings is 9. The summed E-state index contributed by atoms with van der Waals surface area (Å²) in [5.74, 6) is 0.884. The summed E-state index contributed by atoms with van der Waals surface area (Å²) < 4.78 is 14.8. The van der Waals surface area contributed by atoms with Crippen molar-refractivity contribution in [2.75, 3.05) is 5.32 Å². The van der Waals surface area contributed by atoms with E-state index in [0.717, 1.165) is 55.9 Å². The molecule has 0 unspecified atom stereocenters. The first kappa shape index (κ1) is 41.6. The van der Waals surface area contributed by atoms with Crippen molar-refractivity contribution >= 4 is 125 Å². The second kappa shape index (κ2) is 15.1. The SMILES string of the molecule is CC(C)(C)c1ccc(Nc2cc3sc4ccccc4c3cc2-c2c3c4c(c5cc(C(C)(C)C)ccc5n4-c4cc5c(-c6ccccc6)c(-c6ccccc6)oc5cc4[B]3)c3sc4ccccc4c23)cc1. The van der Waals surface area contributed by atoms with Crippen LogP contribution in [0, 0.1) is 0 Å². The fourth-order valence-corrected chi connectivity index (χ4v) is 13.6. The van der Waals surface area contributed by atoms with Crippen molar-refractivity contribution in [3.05, 3.63) is 187 Å². The van der Waals surface area contributed by atoms with Crippen LogP contribution >= 0.6 is 22.7 Å². The predicted octanol–water partition coefficient (Wildman–Crippen LogP) is 17.6. The molecule has 0 saturated heterocycles. The second-order valence-corrected chi connectivity index (χ2v) is 23.3. The Kier molecular flexibility index (Phi) is 8.95. The minimum Gasteiger partial charge on any atom is -0.455 e. The smallest absolute Gasteiger partial charge is 0.198 e. The maximum Gasteiger partial charge on any atom is 0.198 e. The number of nitrogens with one attached hydrogen (secondary N) is 1. The third kappa shape index (κ3) is 6.26. The number of hydrogen-bond acceptors (Lipinski definition) is 4. The van der Waals surface area contributed by atoms with Crippen LogP contribution in [0.25, 0.3) is 112 Å². The fourth-order valence-electron chi connectivity index (χ4n) is 11.2. The summed E-state index contributed by atoms with van der Waals surface area (Å²) in [6, 6.07) is 65.1. The van der Waals surface area contributed by atoms with Crippen LogP contribution in [0.3, 0.4) is 0 Å². The molecule has 1 aliphatic heterocycles. The average molecular weight is 936 g/mol. The van der Waals surface area contributed by atoms with E-state index in [4.69, 9.17) is 4.42 Å². The van der Waals surface area contributed by atoms with Gasteiger partial charge in [0.2, 0.25) is 0 Å². The van der Waals surface area contributed by atoms with Crippen molar-refractivity contribution in [3.8, 4) is 39.3 Å². The Morgan fingerprint density at radius 2 is 1.17 bits per heavy atom. The van der Waals surface area contributed by atoms with Gasteiger partial charge < -0.3 is 14.3 Å². The lowest BCUT2D eigenvalue weighted by molar-refractivity contribution is 0.590.